The number of hydrogen-bond acceptors (Lipinski definition) is 1. The van der Waals surface area contributed by atoms with Crippen LogP contribution in [0.1, 0.15) is 142 Å². The van der Waals surface area contributed by atoms with Crippen LogP contribution in [-0.4, -0.2) is 6.61 Å². The highest BCUT2D eigenvalue weighted by Crippen LogP contribution is 2.21. The van der Waals surface area contributed by atoms with Crippen LogP contribution in [0.4, 0.5) is 0 Å². The van der Waals surface area contributed by atoms with Crippen molar-refractivity contribution in [1.82, 2.24) is 0 Å². The minimum absolute atomic E-state index is 0.721. The molecule has 0 aliphatic rings. The maximum atomic E-state index is 6.11. The molecule has 0 aliphatic heterocycles. The van der Waals surface area contributed by atoms with E-state index in [4.69, 9.17) is 4.74 Å². The molecule has 0 N–H and O–H groups in total. The van der Waals surface area contributed by atoms with Crippen molar-refractivity contribution >= 4 is 0 Å². The first-order chi connectivity index (χ1) is 15.4. The first-order valence-corrected chi connectivity index (χ1v) is 14.0. The zero-order valence-electron chi connectivity index (χ0n) is 21.1. The molecule has 1 aromatic rings. The van der Waals surface area contributed by atoms with Crippen LogP contribution in [0.2, 0.25) is 0 Å². The largest absolute Gasteiger partial charge is 0.493 e. The molecule has 1 rings (SSSR count). The summed E-state index contributed by atoms with van der Waals surface area (Å²) in [5.41, 5.74) is 0. The fourth-order valence-corrected chi connectivity index (χ4v) is 4.48. The fraction of sp³-hybridized carbons (Fsp3) is 0.800. The van der Waals surface area contributed by atoms with Crippen molar-refractivity contribution < 1.29 is 4.74 Å². The van der Waals surface area contributed by atoms with E-state index < -0.39 is 0 Å². The molecule has 0 aliphatic carbocycles. The molecule has 1 aromatic carbocycles. The standard InChI is InChI=1S/C30H53O/c1-3-5-7-9-11-13-14-16-18-21-25-29(28-31-30-26-22-19-23-27-30)24-20-17-15-12-10-8-6-4-2/h22-23,26-27,29H,3-18,20-21,24-25,28H2,1-2H3. The molecule has 179 valence electrons. The lowest BCUT2D eigenvalue weighted by Gasteiger charge is -2.18. The number of ether oxygens (including phenoxy) is 1. The third kappa shape index (κ3) is 18.3. The molecule has 31 heavy (non-hydrogen) atoms. The van der Waals surface area contributed by atoms with E-state index in [1.54, 1.807) is 0 Å². The molecule has 0 saturated carbocycles. The van der Waals surface area contributed by atoms with Gasteiger partial charge in [-0.15, -0.1) is 0 Å². The Morgan fingerprint density at radius 2 is 0.968 bits per heavy atom. The van der Waals surface area contributed by atoms with Crippen LogP contribution in [0.25, 0.3) is 0 Å². The average Bonchev–Trinajstić information content (AvgIpc) is 2.80. The summed E-state index contributed by atoms with van der Waals surface area (Å²) in [4.78, 5) is 0. The smallest absolute Gasteiger partial charge is 0.119 e. The van der Waals surface area contributed by atoms with Crippen molar-refractivity contribution in [3.05, 3.63) is 30.3 Å². The van der Waals surface area contributed by atoms with Crippen LogP contribution >= 0.6 is 0 Å². The second kappa shape index (κ2) is 22.2. The summed E-state index contributed by atoms with van der Waals surface area (Å²) < 4.78 is 6.11. The summed E-state index contributed by atoms with van der Waals surface area (Å²) >= 11 is 0. The van der Waals surface area contributed by atoms with Gasteiger partial charge in [-0.1, -0.05) is 142 Å². The molecule has 1 nitrogen and oxygen atoms in total. The molecule has 1 unspecified atom stereocenters. The molecular formula is C30H53O. The Hall–Kier alpha value is -0.980. The maximum absolute atomic E-state index is 6.11. The predicted molar refractivity (Wildman–Crippen MR) is 138 cm³/mol. The third-order valence-corrected chi connectivity index (χ3v) is 6.61. The Morgan fingerprint density at radius 1 is 0.581 bits per heavy atom. The molecule has 0 saturated heterocycles. The minimum Gasteiger partial charge on any atom is -0.493 e. The van der Waals surface area contributed by atoms with Crippen molar-refractivity contribution in [3.63, 3.8) is 0 Å². The van der Waals surface area contributed by atoms with Crippen LogP contribution in [0.3, 0.4) is 0 Å². The van der Waals surface area contributed by atoms with E-state index >= 15 is 0 Å². The van der Waals surface area contributed by atoms with Crippen LogP contribution in [-0.2, 0) is 0 Å². The summed E-state index contributed by atoms with van der Waals surface area (Å²) in [6.07, 6.45) is 28.1. The minimum atomic E-state index is 0.721. The van der Waals surface area contributed by atoms with Crippen molar-refractivity contribution in [2.75, 3.05) is 6.61 Å². The predicted octanol–water partition coefficient (Wildman–Crippen LogP) is 10.3. The summed E-state index contributed by atoms with van der Waals surface area (Å²) in [6.45, 7) is 5.48. The summed E-state index contributed by atoms with van der Waals surface area (Å²) in [5.74, 6) is 1.72. The van der Waals surface area contributed by atoms with E-state index in [1.165, 1.54) is 128 Å². The van der Waals surface area contributed by atoms with Gasteiger partial charge in [0.1, 0.15) is 5.75 Å². The van der Waals surface area contributed by atoms with Crippen molar-refractivity contribution in [3.8, 4) is 5.75 Å². The Bertz CT molecular complexity index is 455. The molecule has 1 atom stereocenters. The van der Waals surface area contributed by atoms with Gasteiger partial charge in [-0.25, -0.2) is 0 Å². The molecule has 0 bridgehead atoms. The van der Waals surface area contributed by atoms with E-state index in [2.05, 4.69) is 19.9 Å². The van der Waals surface area contributed by atoms with Crippen LogP contribution in [0.5, 0.6) is 5.75 Å². The molecule has 0 spiro atoms. The van der Waals surface area contributed by atoms with Gasteiger partial charge >= 0.3 is 0 Å². The van der Waals surface area contributed by atoms with Gasteiger partial charge in [0, 0.05) is 0 Å². The lowest BCUT2D eigenvalue weighted by molar-refractivity contribution is 0.224. The lowest BCUT2D eigenvalue weighted by Crippen LogP contribution is -2.12. The van der Waals surface area contributed by atoms with E-state index in [0.717, 1.165) is 18.3 Å². The first-order valence-electron chi connectivity index (χ1n) is 14.0. The molecular weight excluding hydrogens is 376 g/mol. The zero-order chi connectivity index (χ0) is 22.2. The van der Waals surface area contributed by atoms with Gasteiger partial charge in [0.05, 0.1) is 6.61 Å². The van der Waals surface area contributed by atoms with Gasteiger partial charge in [0.15, 0.2) is 0 Å². The number of unbranched alkanes of at least 4 members (excludes halogenated alkanes) is 16. The second-order valence-corrected chi connectivity index (χ2v) is 9.65. The number of rotatable bonds is 23. The molecule has 0 aromatic heterocycles. The van der Waals surface area contributed by atoms with Crippen molar-refractivity contribution in [2.24, 2.45) is 5.92 Å². The van der Waals surface area contributed by atoms with Crippen LogP contribution in [0, 0.1) is 12.0 Å². The Kier molecular flexibility index (Phi) is 20.1. The second-order valence-electron chi connectivity index (χ2n) is 9.65. The number of hydrogen-bond donors (Lipinski definition) is 0. The number of benzene rings is 1. The Morgan fingerprint density at radius 3 is 1.39 bits per heavy atom. The van der Waals surface area contributed by atoms with Crippen molar-refractivity contribution in [2.45, 2.75) is 142 Å². The topological polar surface area (TPSA) is 9.23 Å². The summed E-state index contributed by atoms with van der Waals surface area (Å²) in [6, 6.07) is 11.0. The summed E-state index contributed by atoms with van der Waals surface area (Å²) in [7, 11) is 0. The molecule has 0 amide bonds. The zero-order valence-corrected chi connectivity index (χ0v) is 21.1. The van der Waals surface area contributed by atoms with Gasteiger partial charge in [0.25, 0.3) is 0 Å². The van der Waals surface area contributed by atoms with Gasteiger partial charge in [-0.2, -0.15) is 0 Å². The Labute approximate surface area is 195 Å². The van der Waals surface area contributed by atoms with Gasteiger partial charge in [-0.05, 0) is 37.0 Å². The SMILES string of the molecule is CCCCCCCCCCCCC(CCCCCCCCCC)COc1cc[c]cc1. The van der Waals surface area contributed by atoms with E-state index in [0.29, 0.717) is 0 Å². The maximum Gasteiger partial charge on any atom is 0.119 e. The highest BCUT2D eigenvalue weighted by atomic mass is 16.5. The average molecular weight is 430 g/mol. The third-order valence-electron chi connectivity index (χ3n) is 6.61. The quantitative estimate of drug-likeness (QED) is 0.157. The molecule has 1 heteroatoms. The fourth-order valence-electron chi connectivity index (χ4n) is 4.48. The first kappa shape index (κ1) is 28.1. The van der Waals surface area contributed by atoms with E-state index in [-0.39, 0.29) is 0 Å². The van der Waals surface area contributed by atoms with Gasteiger partial charge < -0.3 is 4.74 Å². The van der Waals surface area contributed by atoms with Crippen LogP contribution in [0.15, 0.2) is 24.3 Å². The molecule has 0 heterocycles. The van der Waals surface area contributed by atoms with E-state index in [9.17, 15) is 0 Å². The highest BCUT2D eigenvalue weighted by Gasteiger charge is 2.10. The monoisotopic (exact) mass is 429 g/mol. The van der Waals surface area contributed by atoms with Crippen LogP contribution < -0.4 is 4.74 Å². The van der Waals surface area contributed by atoms with E-state index in [1.807, 2.05) is 24.3 Å². The highest BCUT2D eigenvalue weighted by molar-refractivity contribution is 5.20. The van der Waals surface area contributed by atoms with Crippen molar-refractivity contribution in [1.29, 1.82) is 0 Å². The normalized spacial score (nSPS) is 12.2. The Balaban J connectivity index is 2.14. The molecule has 0 fully saturated rings. The lowest BCUT2D eigenvalue weighted by atomic mass is 9.94. The van der Waals surface area contributed by atoms with Gasteiger partial charge in [0.2, 0.25) is 0 Å². The van der Waals surface area contributed by atoms with Gasteiger partial charge in [-0.3, -0.25) is 0 Å². The summed E-state index contributed by atoms with van der Waals surface area (Å²) in [5, 5.41) is 0. The molecule has 1 radical (unpaired) electrons.